The van der Waals surface area contributed by atoms with Crippen LogP contribution in [0.1, 0.15) is 15.9 Å². The standard InChI is InChI=1S/C8H6ClNO4/c1-4-2-5(8(11)12)7(10(13)14)3-6(4)9/h2-3H,1H3,(H,11,12). The van der Waals surface area contributed by atoms with Gasteiger partial charge in [0.1, 0.15) is 5.56 Å². The summed E-state index contributed by atoms with van der Waals surface area (Å²) in [7, 11) is 0. The van der Waals surface area contributed by atoms with Crippen LogP contribution in [0.4, 0.5) is 5.69 Å². The summed E-state index contributed by atoms with van der Waals surface area (Å²) in [6.07, 6.45) is 0. The van der Waals surface area contributed by atoms with E-state index in [1.54, 1.807) is 6.92 Å². The molecule has 0 bridgehead atoms. The minimum atomic E-state index is -1.34. The van der Waals surface area contributed by atoms with Crippen LogP contribution in [0.2, 0.25) is 5.02 Å². The van der Waals surface area contributed by atoms with E-state index >= 15 is 0 Å². The van der Waals surface area contributed by atoms with Crippen LogP contribution in [0.15, 0.2) is 12.1 Å². The topological polar surface area (TPSA) is 80.4 Å². The summed E-state index contributed by atoms with van der Waals surface area (Å²) in [4.78, 5) is 20.3. The van der Waals surface area contributed by atoms with E-state index in [0.29, 0.717) is 5.56 Å². The van der Waals surface area contributed by atoms with Gasteiger partial charge < -0.3 is 5.11 Å². The molecule has 0 unspecified atom stereocenters. The second kappa shape index (κ2) is 3.63. The highest BCUT2D eigenvalue weighted by Crippen LogP contribution is 2.26. The van der Waals surface area contributed by atoms with E-state index in [4.69, 9.17) is 16.7 Å². The number of rotatable bonds is 2. The number of carboxylic acid groups (broad SMARTS) is 1. The third-order valence-electron chi connectivity index (χ3n) is 1.70. The van der Waals surface area contributed by atoms with Crippen molar-refractivity contribution in [3.05, 3.63) is 38.4 Å². The molecule has 0 amide bonds. The maximum absolute atomic E-state index is 10.6. The molecule has 1 aromatic rings. The maximum atomic E-state index is 10.6. The zero-order chi connectivity index (χ0) is 10.9. The summed E-state index contributed by atoms with van der Waals surface area (Å²) in [5.41, 5.74) is -0.348. The second-order valence-electron chi connectivity index (χ2n) is 2.68. The van der Waals surface area contributed by atoms with Crippen molar-refractivity contribution in [3.63, 3.8) is 0 Å². The number of nitro benzene ring substituents is 1. The summed E-state index contributed by atoms with van der Waals surface area (Å²) in [6, 6.07) is 2.23. The highest BCUT2D eigenvalue weighted by atomic mass is 35.5. The molecule has 14 heavy (non-hydrogen) atoms. The van der Waals surface area contributed by atoms with E-state index < -0.39 is 16.6 Å². The molecule has 0 saturated heterocycles. The highest BCUT2D eigenvalue weighted by Gasteiger charge is 2.21. The first kappa shape index (κ1) is 10.5. The molecule has 0 aromatic heterocycles. The van der Waals surface area contributed by atoms with Crippen molar-refractivity contribution in [3.8, 4) is 0 Å². The van der Waals surface area contributed by atoms with Gasteiger partial charge in [-0.2, -0.15) is 0 Å². The predicted octanol–water partition coefficient (Wildman–Crippen LogP) is 2.25. The molecule has 0 heterocycles. The number of aryl methyl sites for hydroxylation is 1. The van der Waals surface area contributed by atoms with E-state index in [2.05, 4.69) is 0 Å². The van der Waals surface area contributed by atoms with Crippen molar-refractivity contribution in [2.24, 2.45) is 0 Å². The van der Waals surface area contributed by atoms with Crippen molar-refractivity contribution in [2.45, 2.75) is 6.92 Å². The van der Waals surface area contributed by atoms with Gasteiger partial charge in [-0.15, -0.1) is 0 Å². The van der Waals surface area contributed by atoms with Gasteiger partial charge in [-0.3, -0.25) is 10.1 Å². The molecular formula is C8H6ClNO4. The number of hydrogen-bond acceptors (Lipinski definition) is 3. The molecule has 0 aliphatic carbocycles. The van der Waals surface area contributed by atoms with Gasteiger partial charge >= 0.3 is 5.97 Å². The molecular weight excluding hydrogens is 210 g/mol. The Kier molecular flexibility index (Phi) is 2.71. The van der Waals surface area contributed by atoms with Crippen LogP contribution in [0, 0.1) is 17.0 Å². The van der Waals surface area contributed by atoms with Gasteiger partial charge in [0.2, 0.25) is 0 Å². The zero-order valence-corrected chi connectivity index (χ0v) is 7.91. The Balaban J connectivity index is 3.46. The number of carbonyl (C=O) groups is 1. The van der Waals surface area contributed by atoms with E-state index in [9.17, 15) is 14.9 Å². The lowest BCUT2D eigenvalue weighted by Crippen LogP contribution is -2.03. The van der Waals surface area contributed by atoms with Gasteiger partial charge in [0.05, 0.1) is 9.95 Å². The number of nitrogens with zero attached hydrogens (tertiary/aromatic N) is 1. The van der Waals surface area contributed by atoms with Crippen molar-refractivity contribution in [1.29, 1.82) is 0 Å². The Bertz CT molecular complexity index is 377. The van der Waals surface area contributed by atoms with E-state index in [1.807, 2.05) is 0 Å². The van der Waals surface area contributed by atoms with Crippen LogP contribution in [-0.2, 0) is 0 Å². The maximum Gasteiger partial charge on any atom is 0.342 e. The van der Waals surface area contributed by atoms with Crippen LogP contribution in [0.5, 0.6) is 0 Å². The number of benzene rings is 1. The quantitative estimate of drug-likeness (QED) is 0.606. The number of hydrogen-bond donors (Lipinski definition) is 1. The monoisotopic (exact) mass is 215 g/mol. The third kappa shape index (κ3) is 1.82. The van der Waals surface area contributed by atoms with E-state index in [-0.39, 0.29) is 10.6 Å². The first-order chi connectivity index (χ1) is 6.43. The second-order valence-corrected chi connectivity index (χ2v) is 3.09. The van der Waals surface area contributed by atoms with Gasteiger partial charge in [-0.05, 0) is 18.6 Å². The molecule has 0 aliphatic heterocycles. The summed E-state index contributed by atoms with van der Waals surface area (Å²) in [5, 5.41) is 19.3. The Morgan fingerprint density at radius 3 is 2.57 bits per heavy atom. The minimum Gasteiger partial charge on any atom is -0.477 e. The van der Waals surface area contributed by atoms with Gasteiger partial charge in [-0.25, -0.2) is 4.79 Å². The SMILES string of the molecule is Cc1cc(C(=O)O)c([N+](=O)[O-])cc1Cl. The van der Waals surface area contributed by atoms with Crippen molar-refractivity contribution in [2.75, 3.05) is 0 Å². The molecule has 0 spiro atoms. The first-order valence-electron chi connectivity index (χ1n) is 3.61. The molecule has 74 valence electrons. The number of carboxylic acids is 1. The predicted molar refractivity (Wildman–Crippen MR) is 49.8 cm³/mol. The lowest BCUT2D eigenvalue weighted by atomic mass is 10.1. The first-order valence-corrected chi connectivity index (χ1v) is 3.99. The normalized spacial score (nSPS) is 9.86. The Hall–Kier alpha value is -1.62. The van der Waals surface area contributed by atoms with Gasteiger partial charge in [0, 0.05) is 6.07 Å². The lowest BCUT2D eigenvalue weighted by molar-refractivity contribution is -0.385. The number of aromatic carboxylic acids is 1. The summed E-state index contributed by atoms with van der Waals surface area (Å²) < 4.78 is 0. The van der Waals surface area contributed by atoms with Crippen LogP contribution in [0.3, 0.4) is 0 Å². The molecule has 0 radical (unpaired) electrons. The Morgan fingerprint density at radius 2 is 2.14 bits per heavy atom. The molecule has 1 N–H and O–H groups in total. The van der Waals surface area contributed by atoms with Crippen LogP contribution >= 0.6 is 11.6 Å². The fourth-order valence-electron chi connectivity index (χ4n) is 0.993. The molecule has 0 aliphatic rings. The van der Waals surface area contributed by atoms with Gasteiger partial charge in [-0.1, -0.05) is 11.6 Å². The summed E-state index contributed by atoms with van der Waals surface area (Å²) in [6.45, 7) is 1.58. The molecule has 6 heteroatoms. The molecule has 0 fully saturated rings. The fourth-order valence-corrected chi connectivity index (χ4v) is 1.15. The summed E-state index contributed by atoms with van der Waals surface area (Å²) in [5.74, 6) is -1.34. The van der Waals surface area contributed by atoms with Crippen molar-refractivity contribution >= 4 is 23.3 Å². The Labute approximate surface area is 84.1 Å². The van der Waals surface area contributed by atoms with Crippen LogP contribution in [-0.4, -0.2) is 16.0 Å². The van der Waals surface area contributed by atoms with Crippen LogP contribution in [0.25, 0.3) is 0 Å². The fraction of sp³-hybridized carbons (Fsp3) is 0.125. The number of halogens is 1. The minimum absolute atomic E-state index is 0.182. The third-order valence-corrected chi connectivity index (χ3v) is 2.11. The van der Waals surface area contributed by atoms with Crippen molar-refractivity contribution in [1.82, 2.24) is 0 Å². The average molecular weight is 216 g/mol. The highest BCUT2D eigenvalue weighted by molar-refractivity contribution is 6.31. The zero-order valence-electron chi connectivity index (χ0n) is 7.15. The average Bonchev–Trinajstić information content (AvgIpc) is 2.08. The lowest BCUT2D eigenvalue weighted by Gasteiger charge is -2.01. The van der Waals surface area contributed by atoms with E-state index in [0.717, 1.165) is 6.07 Å². The van der Waals surface area contributed by atoms with Crippen molar-refractivity contribution < 1.29 is 14.8 Å². The molecule has 5 nitrogen and oxygen atoms in total. The summed E-state index contributed by atoms with van der Waals surface area (Å²) >= 11 is 5.64. The molecule has 1 aromatic carbocycles. The Morgan fingerprint density at radius 1 is 1.57 bits per heavy atom. The van der Waals surface area contributed by atoms with Crippen LogP contribution < -0.4 is 0 Å². The largest absolute Gasteiger partial charge is 0.477 e. The van der Waals surface area contributed by atoms with Gasteiger partial charge in [0.15, 0.2) is 0 Å². The smallest absolute Gasteiger partial charge is 0.342 e. The molecule has 0 atom stereocenters. The van der Waals surface area contributed by atoms with E-state index in [1.165, 1.54) is 6.07 Å². The molecule has 0 saturated carbocycles. The van der Waals surface area contributed by atoms with Gasteiger partial charge in [0.25, 0.3) is 5.69 Å². The number of nitro groups is 1. The molecule has 1 rings (SSSR count).